The molecule has 0 bridgehead atoms. The number of Topliss-reactive ketones (excluding diaryl/α,β-unsaturated/α-hetero) is 1. The van der Waals surface area contributed by atoms with Gasteiger partial charge in [-0.05, 0) is 12.5 Å². The molecule has 2 nitrogen and oxygen atoms in total. The fourth-order valence-corrected chi connectivity index (χ4v) is 6.57. The molecule has 0 saturated heterocycles. The molecule has 0 amide bonds. The van der Waals surface area contributed by atoms with Gasteiger partial charge in [-0.2, -0.15) is 0 Å². The van der Waals surface area contributed by atoms with Gasteiger partial charge in [-0.15, -0.1) is 0 Å². The summed E-state index contributed by atoms with van der Waals surface area (Å²) in [7, 11) is -3.03. The third-order valence-corrected chi connectivity index (χ3v) is 7.87. The molecule has 3 rings (SSSR count). The van der Waals surface area contributed by atoms with Crippen molar-refractivity contribution in [2.75, 3.05) is 0 Å². The molecule has 0 aliphatic heterocycles. The van der Waals surface area contributed by atoms with Crippen molar-refractivity contribution in [2.24, 2.45) is 0 Å². The Balaban J connectivity index is 2.25. The second kappa shape index (κ2) is 7.63. The molecule has 0 radical (unpaired) electrons. The zero-order chi connectivity index (χ0) is 17.7. The molecule has 0 fully saturated rings. The first-order chi connectivity index (χ1) is 12.1. The maximum absolute atomic E-state index is 14.5. The number of rotatable bonds is 6. The van der Waals surface area contributed by atoms with Gasteiger partial charge in [-0.1, -0.05) is 91.0 Å². The van der Waals surface area contributed by atoms with Gasteiger partial charge < -0.3 is 4.57 Å². The van der Waals surface area contributed by atoms with E-state index in [0.717, 1.165) is 16.2 Å². The van der Waals surface area contributed by atoms with Gasteiger partial charge in [0.25, 0.3) is 0 Å². The highest BCUT2D eigenvalue weighted by atomic mass is 31.2. The van der Waals surface area contributed by atoms with Gasteiger partial charge in [-0.3, -0.25) is 4.79 Å². The van der Waals surface area contributed by atoms with Crippen LogP contribution in [0.5, 0.6) is 0 Å². The van der Waals surface area contributed by atoms with E-state index < -0.39 is 7.14 Å². The molecule has 0 spiro atoms. The Kier molecular flexibility index (Phi) is 5.31. The van der Waals surface area contributed by atoms with E-state index in [9.17, 15) is 9.36 Å². The zero-order valence-corrected chi connectivity index (χ0v) is 15.1. The third kappa shape index (κ3) is 3.65. The zero-order valence-electron chi connectivity index (χ0n) is 14.2. The van der Waals surface area contributed by atoms with Crippen molar-refractivity contribution in [1.29, 1.82) is 0 Å². The molecule has 0 aromatic heterocycles. The van der Waals surface area contributed by atoms with Crippen molar-refractivity contribution < 1.29 is 9.36 Å². The van der Waals surface area contributed by atoms with Crippen molar-refractivity contribution in [3.8, 4) is 0 Å². The summed E-state index contributed by atoms with van der Waals surface area (Å²) in [6.07, 6.45) is 0.255. The number of carbonyl (C=O) groups is 1. The summed E-state index contributed by atoms with van der Waals surface area (Å²) in [4.78, 5) is 12.0. The van der Waals surface area contributed by atoms with Crippen molar-refractivity contribution in [3.63, 3.8) is 0 Å². The van der Waals surface area contributed by atoms with Crippen LogP contribution in [-0.4, -0.2) is 5.78 Å². The Morgan fingerprint density at radius 2 is 1.16 bits per heavy atom. The van der Waals surface area contributed by atoms with Gasteiger partial charge in [0.05, 0.1) is 5.66 Å². The molecule has 0 aliphatic carbocycles. The minimum atomic E-state index is -3.03. The highest BCUT2D eigenvalue weighted by molar-refractivity contribution is 7.79. The average Bonchev–Trinajstić information content (AvgIpc) is 2.67. The first-order valence-corrected chi connectivity index (χ1v) is 10.2. The summed E-state index contributed by atoms with van der Waals surface area (Å²) in [5.74, 6) is 0.0425. The van der Waals surface area contributed by atoms with E-state index in [2.05, 4.69) is 0 Å². The summed E-state index contributed by atoms with van der Waals surface area (Å²) in [6, 6.07) is 28.8. The Morgan fingerprint density at radius 3 is 1.56 bits per heavy atom. The van der Waals surface area contributed by atoms with Crippen LogP contribution in [0.3, 0.4) is 0 Å². The molecule has 0 N–H and O–H groups in total. The molecule has 126 valence electrons. The van der Waals surface area contributed by atoms with Gasteiger partial charge in [-0.25, -0.2) is 0 Å². The van der Waals surface area contributed by atoms with Crippen LogP contribution in [0.4, 0.5) is 0 Å². The molecule has 0 aliphatic rings. The number of hydrogen-bond acceptors (Lipinski definition) is 2. The third-order valence-electron chi connectivity index (χ3n) is 4.38. The quantitative estimate of drug-likeness (QED) is 0.604. The summed E-state index contributed by atoms with van der Waals surface area (Å²) < 4.78 is 14.5. The van der Waals surface area contributed by atoms with Crippen LogP contribution in [0.1, 0.15) is 24.6 Å². The smallest absolute Gasteiger partial charge is 0.150 e. The summed E-state index contributed by atoms with van der Waals surface area (Å²) in [5.41, 5.74) is 0.574. The molecule has 3 heteroatoms. The molecule has 25 heavy (non-hydrogen) atoms. The van der Waals surface area contributed by atoms with E-state index >= 15 is 0 Å². The highest BCUT2D eigenvalue weighted by Gasteiger charge is 2.38. The molecular formula is C22H21O2P. The van der Waals surface area contributed by atoms with E-state index in [1.165, 1.54) is 0 Å². The maximum Gasteiger partial charge on any atom is 0.150 e. The second-order valence-corrected chi connectivity index (χ2v) is 9.13. The van der Waals surface area contributed by atoms with Crippen LogP contribution in [-0.2, 0) is 9.36 Å². The maximum atomic E-state index is 14.5. The van der Waals surface area contributed by atoms with Gasteiger partial charge in [0.1, 0.15) is 5.78 Å². The van der Waals surface area contributed by atoms with Crippen LogP contribution >= 0.6 is 7.14 Å². The molecule has 3 aromatic carbocycles. The first-order valence-electron chi connectivity index (χ1n) is 8.37. The normalized spacial score (nSPS) is 12.5. The van der Waals surface area contributed by atoms with Gasteiger partial charge in [0, 0.05) is 17.0 Å². The Morgan fingerprint density at radius 1 is 0.760 bits per heavy atom. The van der Waals surface area contributed by atoms with Crippen molar-refractivity contribution >= 4 is 23.5 Å². The lowest BCUT2D eigenvalue weighted by Gasteiger charge is -2.28. The molecule has 1 atom stereocenters. The van der Waals surface area contributed by atoms with Crippen molar-refractivity contribution in [3.05, 3.63) is 96.6 Å². The largest absolute Gasteiger partial charge is 0.313 e. The molecule has 3 aromatic rings. The van der Waals surface area contributed by atoms with E-state index in [-0.39, 0.29) is 17.9 Å². The monoisotopic (exact) mass is 348 g/mol. The molecular weight excluding hydrogens is 327 g/mol. The molecule has 1 unspecified atom stereocenters. The van der Waals surface area contributed by atoms with Crippen molar-refractivity contribution in [2.45, 2.75) is 19.0 Å². The first kappa shape index (κ1) is 17.4. The van der Waals surface area contributed by atoms with E-state index in [4.69, 9.17) is 0 Å². The van der Waals surface area contributed by atoms with Gasteiger partial charge in [0.2, 0.25) is 0 Å². The standard InChI is InChI=1S/C22H21O2P/c1-18(23)17-22(19-11-5-2-6-12-19)25(24,20-13-7-3-8-14-20)21-15-9-4-10-16-21/h2-16,22H,17H2,1H3. The SMILES string of the molecule is CC(=O)CC(c1ccccc1)P(=O)(c1ccccc1)c1ccccc1. The minimum absolute atomic E-state index is 0.0425. The fraction of sp³-hybridized carbons (Fsp3) is 0.136. The van der Waals surface area contributed by atoms with Crippen LogP contribution in [0.15, 0.2) is 91.0 Å². The van der Waals surface area contributed by atoms with E-state index in [1.807, 2.05) is 91.0 Å². The van der Waals surface area contributed by atoms with Gasteiger partial charge >= 0.3 is 0 Å². The number of carbonyl (C=O) groups excluding carboxylic acids is 1. The summed E-state index contributed by atoms with van der Waals surface area (Å²) in [5, 5.41) is 1.58. The predicted molar refractivity (Wildman–Crippen MR) is 104 cm³/mol. The molecule has 0 saturated carbocycles. The summed E-state index contributed by atoms with van der Waals surface area (Å²) in [6.45, 7) is 1.57. The average molecular weight is 348 g/mol. The van der Waals surface area contributed by atoms with Gasteiger partial charge in [0.15, 0.2) is 7.14 Å². The fourth-order valence-electron chi connectivity index (χ4n) is 3.21. The van der Waals surface area contributed by atoms with Crippen molar-refractivity contribution in [1.82, 2.24) is 0 Å². The van der Waals surface area contributed by atoms with E-state index in [1.54, 1.807) is 6.92 Å². The number of hydrogen-bond donors (Lipinski definition) is 0. The Labute approximate surface area is 148 Å². The summed E-state index contributed by atoms with van der Waals surface area (Å²) >= 11 is 0. The van der Waals surface area contributed by atoms with Crippen LogP contribution in [0, 0.1) is 0 Å². The molecule has 0 heterocycles. The van der Waals surface area contributed by atoms with Crippen LogP contribution < -0.4 is 10.6 Å². The topological polar surface area (TPSA) is 34.1 Å². The van der Waals surface area contributed by atoms with E-state index in [0.29, 0.717) is 0 Å². The lowest BCUT2D eigenvalue weighted by molar-refractivity contribution is -0.117. The second-order valence-electron chi connectivity index (χ2n) is 6.16. The lowest BCUT2D eigenvalue weighted by atomic mass is 10.1. The lowest BCUT2D eigenvalue weighted by Crippen LogP contribution is -2.22. The predicted octanol–water partition coefficient (Wildman–Crippen LogP) is 4.72. The Bertz CT molecular complexity index is 830. The number of benzene rings is 3. The minimum Gasteiger partial charge on any atom is -0.313 e. The highest BCUT2D eigenvalue weighted by Crippen LogP contribution is 2.58. The number of ketones is 1. The Hall–Kier alpha value is -2.44. The van der Waals surface area contributed by atoms with Crippen LogP contribution in [0.25, 0.3) is 0 Å². The van der Waals surface area contributed by atoms with Crippen LogP contribution in [0.2, 0.25) is 0 Å².